The molecule has 1 aromatic heterocycles. The first-order valence-electron chi connectivity index (χ1n) is 9.30. The summed E-state index contributed by atoms with van der Waals surface area (Å²) < 4.78 is 5.22. The standard InChI is InChI=1S/C18H31N5O/c1-13-17(14(2)24-22-13)8-10-20-18(19-3)21-15-9-11-23(12-15)16-6-4-5-7-16/h15-16H,4-12H2,1-3H3,(H2,19,20,21). The second-order valence-electron chi connectivity index (χ2n) is 7.11. The summed E-state index contributed by atoms with van der Waals surface area (Å²) in [6.07, 6.45) is 7.70. The van der Waals surface area contributed by atoms with Crippen molar-refractivity contribution in [2.24, 2.45) is 4.99 Å². The second kappa shape index (κ2) is 8.01. The second-order valence-corrected chi connectivity index (χ2v) is 7.11. The quantitative estimate of drug-likeness (QED) is 0.637. The fraction of sp³-hybridized carbons (Fsp3) is 0.778. The van der Waals surface area contributed by atoms with Gasteiger partial charge in [0, 0.05) is 44.3 Å². The summed E-state index contributed by atoms with van der Waals surface area (Å²) in [5.41, 5.74) is 2.19. The number of rotatable bonds is 5. The number of hydrogen-bond donors (Lipinski definition) is 2. The monoisotopic (exact) mass is 333 g/mol. The van der Waals surface area contributed by atoms with E-state index >= 15 is 0 Å². The van der Waals surface area contributed by atoms with Crippen LogP contribution in [-0.2, 0) is 6.42 Å². The van der Waals surface area contributed by atoms with E-state index in [1.54, 1.807) is 0 Å². The molecule has 3 rings (SSSR count). The van der Waals surface area contributed by atoms with Gasteiger partial charge in [-0.25, -0.2) is 0 Å². The predicted molar refractivity (Wildman–Crippen MR) is 96.4 cm³/mol. The van der Waals surface area contributed by atoms with Crippen LogP contribution in [0.5, 0.6) is 0 Å². The van der Waals surface area contributed by atoms with Crippen LogP contribution >= 0.6 is 0 Å². The number of guanidine groups is 1. The van der Waals surface area contributed by atoms with Gasteiger partial charge in [0.05, 0.1) is 5.69 Å². The molecule has 1 aromatic rings. The molecule has 0 aromatic carbocycles. The lowest BCUT2D eigenvalue weighted by molar-refractivity contribution is 0.242. The minimum atomic E-state index is 0.510. The van der Waals surface area contributed by atoms with Crippen LogP contribution in [0.3, 0.4) is 0 Å². The zero-order chi connectivity index (χ0) is 16.9. The molecule has 2 fully saturated rings. The summed E-state index contributed by atoms with van der Waals surface area (Å²) in [6.45, 7) is 7.17. The molecule has 1 atom stereocenters. The third-order valence-electron chi connectivity index (χ3n) is 5.47. The maximum absolute atomic E-state index is 5.22. The van der Waals surface area contributed by atoms with Crippen molar-refractivity contribution in [3.05, 3.63) is 17.0 Å². The van der Waals surface area contributed by atoms with Crippen LogP contribution in [0.25, 0.3) is 0 Å². The molecule has 6 nitrogen and oxygen atoms in total. The number of aliphatic imine (C=N–C) groups is 1. The summed E-state index contributed by atoms with van der Waals surface area (Å²) in [4.78, 5) is 7.04. The van der Waals surface area contributed by atoms with Crippen molar-refractivity contribution in [3.8, 4) is 0 Å². The van der Waals surface area contributed by atoms with Gasteiger partial charge >= 0.3 is 0 Å². The molecule has 2 aliphatic rings. The minimum Gasteiger partial charge on any atom is -0.361 e. The Balaban J connectivity index is 1.42. The number of nitrogens with one attached hydrogen (secondary N) is 2. The molecule has 6 heteroatoms. The van der Waals surface area contributed by atoms with E-state index in [1.807, 2.05) is 20.9 Å². The highest BCUT2D eigenvalue weighted by Gasteiger charge is 2.30. The van der Waals surface area contributed by atoms with E-state index in [0.29, 0.717) is 6.04 Å². The van der Waals surface area contributed by atoms with E-state index in [1.165, 1.54) is 44.2 Å². The van der Waals surface area contributed by atoms with Crippen LogP contribution in [0.1, 0.15) is 49.1 Å². The smallest absolute Gasteiger partial charge is 0.191 e. The van der Waals surface area contributed by atoms with Crippen LogP contribution in [-0.4, -0.2) is 54.8 Å². The van der Waals surface area contributed by atoms with E-state index in [2.05, 4.69) is 25.7 Å². The molecule has 2 heterocycles. The van der Waals surface area contributed by atoms with Gasteiger partial charge in [0.15, 0.2) is 5.96 Å². The van der Waals surface area contributed by atoms with Gasteiger partial charge in [0.1, 0.15) is 5.76 Å². The average molecular weight is 333 g/mol. The summed E-state index contributed by atoms with van der Waals surface area (Å²) in [7, 11) is 1.84. The third-order valence-corrected chi connectivity index (χ3v) is 5.47. The molecular weight excluding hydrogens is 302 g/mol. The molecule has 1 saturated carbocycles. The van der Waals surface area contributed by atoms with Gasteiger partial charge in [-0.1, -0.05) is 18.0 Å². The van der Waals surface area contributed by atoms with Crippen LogP contribution in [0.15, 0.2) is 9.52 Å². The Hall–Kier alpha value is -1.56. The summed E-state index contributed by atoms with van der Waals surface area (Å²) in [5, 5.41) is 11.0. The van der Waals surface area contributed by atoms with Gasteiger partial charge in [0.25, 0.3) is 0 Å². The lowest BCUT2D eigenvalue weighted by Gasteiger charge is -2.24. The fourth-order valence-electron chi connectivity index (χ4n) is 4.06. The minimum absolute atomic E-state index is 0.510. The summed E-state index contributed by atoms with van der Waals surface area (Å²) in [6, 6.07) is 1.34. The SMILES string of the molecule is CN=C(NCCc1c(C)noc1C)NC1CCN(C2CCCC2)C1. The molecule has 1 aliphatic heterocycles. The number of likely N-dealkylation sites (tertiary alicyclic amines) is 1. The maximum atomic E-state index is 5.22. The van der Waals surface area contributed by atoms with Crippen molar-refractivity contribution in [2.75, 3.05) is 26.7 Å². The van der Waals surface area contributed by atoms with E-state index in [9.17, 15) is 0 Å². The molecule has 134 valence electrons. The number of aryl methyl sites for hydroxylation is 2. The van der Waals surface area contributed by atoms with E-state index in [0.717, 1.165) is 43.0 Å². The van der Waals surface area contributed by atoms with Gasteiger partial charge in [-0.05, 0) is 39.5 Å². The summed E-state index contributed by atoms with van der Waals surface area (Å²) in [5.74, 6) is 1.82. The highest BCUT2D eigenvalue weighted by Crippen LogP contribution is 2.26. The summed E-state index contributed by atoms with van der Waals surface area (Å²) >= 11 is 0. The van der Waals surface area contributed by atoms with E-state index < -0.39 is 0 Å². The number of nitrogens with zero attached hydrogens (tertiary/aromatic N) is 3. The molecular formula is C18H31N5O. The highest BCUT2D eigenvalue weighted by molar-refractivity contribution is 5.80. The van der Waals surface area contributed by atoms with Crippen molar-refractivity contribution >= 4 is 5.96 Å². The van der Waals surface area contributed by atoms with Crippen LogP contribution < -0.4 is 10.6 Å². The molecule has 0 radical (unpaired) electrons. The lowest BCUT2D eigenvalue weighted by atomic mass is 10.1. The van der Waals surface area contributed by atoms with Gasteiger partial charge in [-0.2, -0.15) is 0 Å². The average Bonchev–Trinajstić information content (AvgIpc) is 3.30. The highest BCUT2D eigenvalue weighted by atomic mass is 16.5. The normalized spacial score (nSPS) is 23.1. The van der Waals surface area contributed by atoms with Gasteiger partial charge in [-0.3, -0.25) is 9.89 Å². The maximum Gasteiger partial charge on any atom is 0.191 e. The first-order valence-corrected chi connectivity index (χ1v) is 9.30. The van der Waals surface area contributed by atoms with Gasteiger partial charge in [0.2, 0.25) is 0 Å². The van der Waals surface area contributed by atoms with Crippen molar-refractivity contribution in [1.29, 1.82) is 0 Å². The van der Waals surface area contributed by atoms with E-state index in [-0.39, 0.29) is 0 Å². The first kappa shape index (κ1) is 17.3. The van der Waals surface area contributed by atoms with Crippen molar-refractivity contribution in [1.82, 2.24) is 20.7 Å². The lowest BCUT2D eigenvalue weighted by Crippen LogP contribution is -2.45. The van der Waals surface area contributed by atoms with Crippen LogP contribution in [0, 0.1) is 13.8 Å². The van der Waals surface area contributed by atoms with E-state index in [4.69, 9.17) is 4.52 Å². The molecule has 1 saturated heterocycles. The fourth-order valence-corrected chi connectivity index (χ4v) is 4.06. The molecule has 0 bridgehead atoms. The Morgan fingerprint density at radius 3 is 2.75 bits per heavy atom. The Morgan fingerprint density at radius 1 is 1.29 bits per heavy atom. The molecule has 0 amide bonds. The zero-order valence-corrected chi connectivity index (χ0v) is 15.3. The molecule has 24 heavy (non-hydrogen) atoms. The molecule has 1 unspecified atom stereocenters. The van der Waals surface area contributed by atoms with Crippen molar-refractivity contribution in [3.63, 3.8) is 0 Å². The Bertz CT molecular complexity index is 542. The first-order chi connectivity index (χ1) is 11.7. The largest absolute Gasteiger partial charge is 0.361 e. The van der Waals surface area contributed by atoms with Crippen LogP contribution in [0.2, 0.25) is 0 Å². The van der Waals surface area contributed by atoms with Crippen LogP contribution in [0.4, 0.5) is 0 Å². The topological polar surface area (TPSA) is 65.7 Å². The molecule has 1 aliphatic carbocycles. The Morgan fingerprint density at radius 2 is 2.08 bits per heavy atom. The van der Waals surface area contributed by atoms with Gasteiger partial charge in [-0.15, -0.1) is 0 Å². The Labute approximate surface area is 145 Å². The van der Waals surface area contributed by atoms with Crippen molar-refractivity contribution in [2.45, 2.75) is 64.5 Å². The van der Waals surface area contributed by atoms with Gasteiger partial charge < -0.3 is 15.2 Å². The molecule has 0 spiro atoms. The zero-order valence-electron chi connectivity index (χ0n) is 15.3. The predicted octanol–water partition coefficient (Wildman–Crippen LogP) is 2.02. The third kappa shape index (κ3) is 4.09. The molecule has 2 N–H and O–H groups in total. The number of hydrogen-bond acceptors (Lipinski definition) is 4. The Kier molecular flexibility index (Phi) is 5.76. The van der Waals surface area contributed by atoms with Crippen molar-refractivity contribution < 1.29 is 4.52 Å². The number of aromatic nitrogens is 1.